The second kappa shape index (κ2) is 8.31. The van der Waals surface area contributed by atoms with Crippen LogP contribution in [0.1, 0.15) is 10.4 Å². The van der Waals surface area contributed by atoms with Crippen LogP contribution in [0.15, 0.2) is 48.9 Å². The predicted molar refractivity (Wildman–Crippen MR) is 121 cm³/mol. The molecule has 3 aromatic heterocycles. The van der Waals surface area contributed by atoms with Crippen LogP contribution in [0, 0.1) is 0 Å². The van der Waals surface area contributed by atoms with Crippen LogP contribution in [-0.4, -0.2) is 74.2 Å². The van der Waals surface area contributed by atoms with E-state index in [1.54, 1.807) is 10.7 Å². The minimum atomic E-state index is -0.299. The number of nitrogens with zero attached hydrogens (tertiary/aromatic N) is 8. The smallest absolute Gasteiger partial charge is 0.258 e. The number of anilines is 2. The number of hydrogen-bond acceptors (Lipinski definition) is 8. The number of fused-ring (bicyclic) bond motifs is 1. The highest BCUT2D eigenvalue weighted by Gasteiger charge is 2.18. The molecule has 0 unspecified atom stereocenters. The predicted octanol–water partition coefficient (Wildman–Crippen LogP) is 1.82. The molecule has 1 fully saturated rings. The first kappa shape index (κ1) is 20.0. The summed E-state index contributed by atoms with van der Waals surface area (Å²) in [6, 6.07) is 9.48. The van der Waals surface area contributed by atoms with Crippen LogP contribution in [-0.2, 0) is 7.05 Å². The number of piperazine rings is 1. The fourth-order valence-electron chi connectivity index (χ4n) is 3.71. The number of amides is 1. The van der Waals surface area contributed by atoms with Crippen molar-refractivity contribution in [2.75, 3.05) is 43.4 Å². The Kier molecular flexibility index (Phi) is 5.20. The summed E-state index contributed by atoms with van der Waals surface area (Å²) < 4.78 is 1.76. The molecule has 0 aliphatic carbocycles. The Bertz CT molecular complexity index is 1280. The van der Waals surface area contributed by atoms with Crippen molar-refractivity contribution in [1.82, 2.24) is 35.1 Å². The van der Waals surface area contributed by atoms with Gasteiger partial charge in [0.1, 0.15) is 0 Å². The van der Waals surface area contributed by atoms with Crippen LogP contribution >= 0.6 is 0 Å². The molecule has 10 nitrogen and oxygen atoms in total. The van der Waals surface area contributed by atoms with E-state index in [1.807, 2.05) is 43.7 Å². The van der Waals surface area contributed by atoms with Gasteiger partial charge in [-0.1, -0.05) is 6.07 Å². The zero-order valence-electron chi connectivity index (χ0n) is 17.9. The van der Waals surface area contributed by atoms with Gasteiger partial charge in [0.15, 0.2) is 11.6 Å². The van der Waals surface area contributed by atoms with E-state index >= 15 is 0 Å². The highest BCUT2D eigenvalue weighted by Crippen LogP contribution is 2.24. The summed E-state index contributed by atoms with van der Waals surface area (Å²) in [7, 11) is 3.98. The van der Waals surface area contributed by atoms with Gasteiger partial charge in [-0.15, -0.1) is 15.3 Å². The van der Waals surface area contributed by atoms with E-state index in [0.29, 0.717) is 17.2 Å². The van der Waals surface area contributed by atoms with Crippen LogP contribution in [0.5, 0.6) is 0 Å². The van der Waals surface area contributed by atoms with Gasteiger partial charge >= 0.3 is 0 Å². The summed E-state index contributed by atoms with van der Waals surface area (Å²) in [5, 5.41) is 24.5. The quantitative estimate of drug-likeness (QED) is 0.524. The summed E-state index contributed by atoms with van der Waals surface area (Å²) in [5.41, 5.74) is 3.21. The zero-order chi connectivity index (χ0) is 22.1. The first-order valence-electron chi connectivity index (χ1n) is 10.4. The van der Waals surface area contributed by atoms with Crippen molar-refractivity contribution in [2.24, 2.45) is 7.05 Å². The van der Waals surface area contributed by atoms with Gasteiger partial charge in [-0.2, -0.15) is 10.2 Å². The zero-order valence-corrected chi connectivity index (χ0v) is 17.9. The second-order valence-corrected chi connectivity index (χ2v) is 7.95. The van der Waals surface area contributed by atoms with E-state index in [9.17, 15) is 4.79 Å². The number of likely N-dealkylation sites (N-methyl/N-ethyl adjacent to an activating group) is 1. The molecule has 1 aliphatic heterocycles. The molecule has 0 saturated carbocycles. The molecular formula is C22H23N9O. The van der Waals surface area contributed by atoms with E-state index in [1.165, 1.54) is 6.20 Å². The maximum Gasteiger partial charge on any atom is 0.258 e. The third-order valence-corrected chi connectivity index (χ3v) is 5.60. The van der Waals surface area contributed by atoms with Crippen molar-refractivity contribution in [3.8, 4) is 11.1 Å². The number of carbonyl (C=O) groups excluding carboxylic acids is 1. The standard InChI is InChI=1S/C22H23N9O/c1-29-5-7-31(8-6-29)21-11-17(12-23-28-21)22(32)25-20-10-16-9-15(3-4-19(16)26-27-20)18-13-24-30(2)14-18/h3-4,9-14H,5-8H2,1-2H3,(H,25,27,32). The fraction of sp³-hybridized carbons (Fsp3) is 0.273. The molecule has 5 rings (SSSR count). The molecule has 1 saturated heterocycles. The molecule has 0 bridgehead atoms. The van der Waals surface area contributed by atoms with Crippen molar-refractivity contribution in [3.63, 3.8) is 0 Å². The highest BCUT2D eigenvalue weighted by atomic mass is 16.1. The number of rotatable bonds is 4. The van der Waals surface area contributed by atoms with Gasteiger partial charge < -0.3 is 15.1 Å². The molecule has 0 atom stereocenters. The van der Waals surface area contributed by atoms with Gasteiger partial charge in [0, 0.05) is 50.4 Å². The average molecular weight is 429 g/mol. The van der Waals surface area contributed by atoms with Crippen LogP contribution in [0.4, 0.5) is 11.6 Å². The topological polar surface area (TPSA) is 105 Å². The normalized spacial score (nSPS) is 14.6. The number of aromatic nitrogens is 6. The van der Waals surface area contributed by atoms with E-state index < -0.39 is 0 Å². The maximum atomic E-state index is 12.8. The second-order valence-electron chi connectivity index (χ2n) is 7.95. The third kappa shape index (κ3) is 4.12. The largest absolute Gasteiger partial charge is 0.353 e. The van der Waals surface area contributed by atoms with Crippen molar-refractivity contribution < 1.29 is 4.79 Å². The van der Waals surface area contributed by atoms with Gasteiger partial charge in [-0.3, -0.25) is 9.48 Å². The van der Waals surface area contributed by atoms with E-state index in [-0.39, 0.29) is 5.91 Å². The molecule has 4 heterocycles. The molecule has 1 aromatic carbocycles. The van der Waals surface area contributed by atoms with Crippen molar-refractivity contribution in [1.29, 1.82) is 0 Å². The van der Waals surface area contributed by atoms with Crippen molar-refractivity contribution in [3.05, 3.63) is 54.5 Å². The summed E-state index contributed by atoms with van der Waals surface area (Å²) in [5.74, 6) is 0.785. The van der Waals surface area contributed by atoms with E-state index in [2.05, 4.69) is 47.7 Å². The summed E-state index contributed by atoms with van der Waals surface area (Å²) in [6.45, 7) is 3.61. The lowest BCUT2D eigenvalue weighted by atomic mass is 10.1. The Labute approximate surface area is 184 Å². The monoisotopic (exact) mass is 429 g/mol. The Morgan fingerprint density at radius 1 is 0.938 bits per heavy atom. The van der Waals surface area contributed by atoms with Gasteiger partial charge in [0.2, 0.25) is 0 Å². The maximum absolute atomic E-state index is 12.8. The summed E-state index contributed by atoms with van der Waals surface area (Å²) in [6.07, 6.45) is 5.23. The Balaban J connectivity index is 1.36. The molecule has 1 amide bonds. The molecule has 32 heavy (non-hydrogen) atoms. The van der Waals surface area contributed by atoms with E-state index in [4.69, 9.17) is 0 Å². The highest BCUT2D eigenvalue weighted by molar-refractivity contribution is 6.04. The van der Waals surface area contributed by atoms with Crippen LogP contribution in [0.25, 0.3) is 22.0 Å². The van der Waals surface area contributed by atoms with Crippen LogP contribution < -0.4 is 10.2 Å². The lowest BCUT2D eigenvalue weighted by Gasteiger charge is -2.32. The van der Waals surface area contributed by atoms with Crippen molar-refractivity contribution >= 4 is 28.4 Å². The molecule has 0 radical (unpaired) electrons. The van der Waals surface area contributed by atoms with E-state index in [0.717, 1.165) is 48.2 Å². The Morgan fingerprint density at radius 3 is 2.56 bits per heavy atom. The number of benzene rings is 1. The minimum absolute atomic E-state index is 0.299. The number of aryl methyl sites for hydroxylation is 1. The molecule has 1 aliphatic rings. The van der Waals surface area contributed by atoms with Gasteiger partial charge in [-0.05, 0) is 36.9 Å². The van der Waals surface area contributed by atoms with Crippen LogP contribution in [0.2, 0.25) is 0 Å². The number of carbonyl (C=O) groups is 1. The van der Waals surface area contributed by atoms with Gasteiger partial charge in [0.25, 0.3) is 5.91 Å². The summed E-state index contributed by atoms with van der Waals surface area (Å²) >= 11 is 0. The first-order valence-corrected chi connectivity index (χ1v) is 10.4. The third-order valence-electron chi connectivity index (χ3n) is 5.60. The number of hydrogen-bond donors (Lipinski definition) is 1. The molecule has 0 spiro atoms. The van der Waals surface area contributed by atoms with Crippen LogP contribution in [0.3, 0.4) is 0 Å². The van der Waals surface area contributed by atoms with Gasteiger partial charge in [-0.25, -0.2) is 0 Å². The first-order chi connectivity index (χ1) is 15.5. The SMILES string of the molecule is CN1CCN(c2cc(C(=O)Nc3cc4cc(-c5cnn(C)c5)ccc4nn3)cnn2)CC1. The number of nitrogens with one attached hydrogen (secondary N) is 1. The lowest BCUT2D eigenvalue weighted by Crippen LogP contribution is -2.45. The average Bonchev–Trinajstić information content (AvgIpc) is 3.25. The molecular weight excluding hydrogens is 406 g/mol. The summed E-state index contributed by atoms with van der Waals surface area (Å²) in [4.78, 5) is 17.2. The molecule has 1 N–H and O–H groups in total. The molecule has 4 aromatic rings. The van der Waals surface area contributed by atoms with Gasteiger partial charge in [0.05, 0.1) is 23.5 Å². The molecule has 10 heteroatoms. The molecule has 162 valence electrons. The fourth-order valence-corrected chi connectivity index (χ4v) is 3.71. The lowest BCUT2D eigenvalue weighted by molar-refractivity contribution is 0.102. The van der Waals surface area contributed by atoms with Crippen molar-refractivity contribution in [2.45, 2.75) is 0 Å². The minimum Gasteiger partial charge on any atom is -0.353 e. The Hall–Kier alpha value is -3.92. The Morgan fingerprint density at radius 2 is 1.78 bits per heavy atom.